The lowest BCUT2D eigenvalue weighted by Crippen LogP contribution is -2.42. The van der Waals surface area contributed by atoms with E-state index in [1.165, 1.54) is 27.7 Å². The quantitative estimate of drug-likeness (QED) is 0.396. The number of carbonyl (C=O) groups excluding carboxylic acids is 1. The molecule has 1 atom stereocenters. The van der Waals surface area contributed by atoms with E-state index >= 15 is 0 Å². The van der Waals surface area contributed by atoms with E-state index in [0.29, 0.717) is 28.3 Å². The van der Waals surface area contributed by atoms with E-state index in [-0.39, 0.29) is 34.8 Å². The van der Waals surface area contributed by atoms with Crippen molar-refractivity contribution in [1.29, 1.82) is 0 Å². The van der Waals surface area contributed by atoms with E-state index in [2.05, 4.69) is 4.98 Å². The number of rotatable bonds is 6. The van der Waals surface area contributed by atoms with Crippen LogP contribution < -0.4 is 5.56 Å². The minimum absolute atomic E-state index is 0.0284. The van der Waals surface area contributed by atoms with Crippen LogP contribution in [-0.2, 0) is 21.7 Å². The van der Waals surface area contributed by atoms with Gasteiger partial charge in [0.05, 0.1) is 22.6 Å². The summed E-state index contributed by atoms with van der Waals surface area (Å²) in [5, 5.41) is 5.01. The highest BCUT2D eigenvalue weighted by Crippen LogP contribution is 2.34. The largest absolute Gasteiger partial charge is 0.338 e. The summed E-state index contributed by atoms with van der Waals surface area (Å²) in [5.74, 6) is 0.135. The Bertz CT molecular complexity index is 1240. The lowest BCUT2D eigenvalue weighted by Gasteiger charge is -2.26. The zero-order valence-electron chi connectivity index (χ0n) is 16.5. The minimum atomic E-state index is -3.06. The molecule has 0 N–H and O–H groups in total. The fourth-order valence-corrected chi connectivity index (χ4v) is 8.06. The van der Waals surface area contributed by atoms with Gasteiger partial charge < -0.3 is 4.90 Å². The Labute approximate surface area is 186 Å². The highest BCUT2D eigenvalue weighted by Gasteiger charge is 2.33. The number of aromatic nitrogens is 2. The zero-order chi connectivity index (χ0) is 21.5. The summed E-state index contributed by atoms with van der Waals surface area (Å²) in [6.45, 7) is 2.31. The van der Waals surface area contributed by atoms with Gasteiger partial charge >= 0.3 is 0 Å². The smallest absolute Gasteiger partial charge is 0.263 e. The topological polar surface area (TPSA) is 89.3 Å². The Morgan fingerprint density at radius 1 is 1.40 bits per heavy atom. The number of thioether (sulfide) groups is 1. The van der Waals surface area contributed by atoms with Crippen LogP contribution in [0.4, 0.5) is 0 Å². The first-order chi connectivity index (χ1) is 14.3. The van der Waals surface area contributed by atoms with Crippen molar-refractivity contribution in [2.24, 2.45) is 7.05 Å². The van der Waals surface area contributed by atoms with Gasteiger partial charge in [0.15, 0.2) is 15.0 Å². The lowest BCUT2D eigenvalue weighted by molar-refractivity contribution is -0.129. The molecule has 1 saturated heterocycles. The third kappa shape index (κ3) is 4.08. The molecule has 1 fully saturated rings. The molecule has 160 valence electrons. The van der Waals surface area contributed by atoms with Crippen LogP contribution in [0, 0.1) is 0 Å². The van der Waals surface area contributed by atoms with Crippen LogP contribution in [0.5, 0.6) is 0 Å². The first-order valence-electron chi connectivity index (χ1n) is 9.45. The van der Waals surface area contributed by atoms with Crippen LogP contribution in [0.15, 0.2) is 32.8 Å². The Kier molecular flexibility index (Phi) is 6.06. The van der Waals surface area contributed by atoms with Gasteiger partial charge in [-0.05, 0) is 24.8 Å². The molecule has 0 spiro atoms. The number of hydrogen-bond acceptors (Lipinski definition) is 8. The van der Waals surface area contributed by atoms with Gasteiger partial charge in [-0.1, -0.05) is 17.8 Å². The number of sulfone groups is 1. The van der Waals surface area contributed by atoms with Gasteiger partial charge in [-0.25, -0.2) is 13.4 Å². The average Bonchev–Trinajstić information content (AvgIpc) is 3.43. The van der Waals surface area contributed by atoms with Crippen LogP contribution in [0.1, 0.15) is 13.3 Å². The maximum atomic E-state index is 13.0. The molecule has 3 aromatic heterocycles. The van der Waals surface area contributed by atoms with E-state index in [9.17, 15) is 18.0 Å². The molecule has 0 bridgehead atoms. The van der Waals surface area contributed by atoms with Gasteiger partial charge in [-0.2, -0.15) is 0 Å². The van der Waals surface area contributed by atoms with Crippen molar-refractivity contribution in [3.63, 3.8) is 0 Å². The van der Waals surface area contributed by atoms with Gasteiger partial charge in [0, 0.05) is 35.5 Å². The molecule has 0 aromatic carbocycles. The van der Waals surface area contributed by atoms with E-state index < -0.39 is 9.84 Å². The maximum Gasteiger partial charge on any atom is 0.263 e. The van der Waals surface area contributed by atoms with Crippen LogP contribution in [-0.4, -0.2) is 58.6 Å². The number of fused-ring (bicyclic) bond motifs is 1. The van der Waals surface area contributed by atoms with Gasteiger partial charge in [-0.3, -0.25) is 14.2 Å². The van der Waals surface area contributed by atoms with E-state index in [0.717, 1.165) is 10.4 Å². The normalized spacial score (nSPS) is 18.1. The summed E-state index contributed by atoms with van der Waals surface area (Å²) >= 11 is 4.21. The lowest BCUT2D eigenvalue weighted by atomic mass is 10.2. The third-order valence-electron chi connectivity index (χ3n) is 5.20. The number of amides is 1. The number of thiophene rings is 2. The molecule has 1 aliphatic heterocycles. The van der Waals surface area contributed by atoms with Crippen LogP contribution >= 0.6 is 34.4 Å². The predicted molar refractivity (Wildman–Crippen MR) is 123 cm³/mol. The van der Waals surface area contributed by atoms with Crippen LogP contribution in [0.25, 0.3) is 20.7 Å². The summed E-state index contributed by atoms with van der Waals surface area (Å²) in [6.07, 6.45) is 0.482. The second-order valence-corrected chi connectivity index (χ2v) is 12.1. The Hall–Kier alpha value is -1.69. The molecule has 4 heterocycles. The molecule has 11 heteroatoms. The average molecular weight is 484 g/mol. The molecule has 1 amide bonds. The summed E-state index contributed by atoms with van der Waals surface area (Å²) in [7, 11) is -1.40. The SMILES string of the molecule is CCN(C(=O)CSc1nc2scc(-c3cccs3)c2c(=O)n1C)C1CCS(=O)(=O)C1. The molecule has 0 aliphatic carbocycles. The minimum Gasteiger partial charge on any atom is -0.338 e. The standard InChI is InChI=1S/C19H21N3O4S4/c1-3-22(12-6-8-30(25,26)11-12)15(23)10-29-19-20-17-16(18(24)21(19)2)13(9-28-17)14-5-4-7-27-14/h4-5,7,9,12H,3,6,8,10-11H2,1-2H3. The second kappa shape index (κ2) is 8.45. The van der Waals surface area contributed by atoms with E-state index in [1.807, 2.05) is 29.8 Å². The molecule has 4 rings (SSSR count). The molecule has 1 aliphatic rings. The molecule has 0 radical (unpaired) electrons. The second-order valence-electron chi connectivity index (χ2n) is 7.09. The number of hydrogen-bond donors (Lipinski definition) is 0. The van der Waals surface area contributed by atoms with Crippen LogP contribution in [0.3, 0.4) is 0 Å². The van der Waals surface area contributed by atoms with Crippen molar-refractivity contribution in [2.45, 2.75) is 24.5 Å². The highest BCUT2D eigenvalue weighted by atomic mass is 32.2. The molecule has 30 heavy (non-hydrogen) atoms. The summed E-state index contributed by atoms with van der Waals surface area (Å²) < 4.78 is 25.0. The zero-order valence-corrected chi connectivity index (χ0v) is 19.8. The Morgan fingerprint density at radius 2 is 2.20 bits per heavy atom. The summed E-state index contributed by atoms with van der Waals surface area (Å²) in [4.78, 5) is 33.7. The fourth-order valence-electron chi connectivity index (χ4n) is 3.66. The van der Waals surface area contributed by atoms with Crippen molar-refractivity contribution in [3.05, 3.63) is 33.2 Å². The Balaban J connectivity index is 1.55. The first kappa shape index (κ1) is 21.5. The van der Waals surface area contributed by atoms with Crippen molar-refractivity contribution in [2.75, 3.05) is 23.8 Å². The monoisotopic (exact) mass is 483 g/mol. The van der Waals surface area contributed by atoms with Crippen LogP contribution in [0.2, 0.25) is 0 Å². The maximum absolute atomic E-state index is 13.0. The van der Waals surface area contributed by atoms with Gasteiger partial charge in [0.2, 0.25) is 5.91 Å². The van der Waals surface area contributed by atoms with E-state index in [4.69, 9.17) is 0 Å². The molecule has 3 aromatic rings. The number of nitrogens with zero attached hydrogens (tertiary/aromatic N) is 3. The summed E-state index contributed by atoms with van der Waals surface area (Å²) in [6, 6.07) is 3.67. The van der Waals surface area contributed by atoms with Crippen molar-refractivity contribution in [1.82, 2.24) is 14.5 Å². The molecular weight excluding hydrogens is 462 g/mol. The van der Waals surface area contributed by atoms with Gasteiger partial charge in [0.1, 0.15) is 4.83 Å². The van der Waals surface area contributed by atoms with Crippen molar-refractivity contribution < 1.29 is 13.2 Å². The van der Waals surface area contributed by atoms with Gasteiger partial charge in [0.25, 0.3) is 5.56 Å². The number of carbonyl (C=O) groups is 1. The molecular formula is C19H21N3O4S4. The van der Waals surface area contributed by atoms with Crippen molar-refractivity contribution in [3.8, 4) is 10.4 Å². The summed E-state index contributed by atoms with van der Waals surface area (Å²) in [5.41, 5.74) is 0.763. The van der Waals surface area contributed by atoms with Crippen molar-refractivity contribution >= 4 is 60.4 Å². The first-order valence-corrected chi connectivity index (χ1v) is 14.0. The highest BCUT2D eigenvalue weighted by molar-refractivity contribution is 7.99. The predicted octanol–water partition coefficient (Wildman–Crippen LogP) is 2.85. The third-order valence-corrected chi connectivity index (χ3v) is 9.74. The molecule has 7 nitrogen and oxygen atoms in total. The van der Waals surface area contributed by atoms with E-state index in [1.54, 1.807) is 23.3 Å². The molecule has 0 saturated carbocycles. The Morgan fingerprint density at radius 3 is 2.83 bits per heavy atom. The van der Waals surface area contributed by atoms with Gasteiger partial charge in [-0.15, -0.1) is 22.7 Å². The fraction of sp³-hybridized carbons (Fsp3) is 0.421. The molecule has 1 unspecified atom stereocenters.